The molecule has 0 aromatic heterocycles. The van der Waals surface area contributed by atoms with Crippen LogP contribution in [0.15, 0.2) is 42.5 Å². The maximum atomic E-state index is 12.0. The molecule has 0 saturated carbocycles. The topological polar surface area (TPSA) is 93.1 Å². The Kier molecular flexibility index (Phi) is 9.01. The first-order valence-corrected chi connectivity index (χ1v) is 9.46. The van der Waals surface area contributed by atoms with Gasteiger partial charge < -0.3 is 19.7 Å². The summed E-state index contributed by atoms with van der Waals surface area (Å²) in [4.78, 5) is 22.5. The van der Waals surface area contributed by atoms with Crippen molar-refractivity contribution < 1.29 is 29.3 Å². The number of ketones is 1. The molecule has 27 heavy (non-hydrogen) atoms. The molecule has 1 aliphatic heterocycles. The van der Waals surface area contributed by atoms with Crippen molar-refractivity contribution in [1.29, 1.82) is 0 Å². The lowest BCUT2D eigenvalue weighted by Crippen LogP contribution is -2.20. The third kappa shape index (κ3) is 7.93. The van der Waals surface area contributed by atoms with E-state index < -0.39 is 12.1 Å². The first kappa shape index (κ1) is 21.1. The third-order valence-corrected chi connectivity index (χ3v) is 4.57. The lowest BCUT2D eigenvalue weighted by Gasteiger charge is -2.14. The van der Waals surface area contributed by atoms with E-state index >= 15 is 0 Å². The van der Waals surface area contributed by atoms with Crippen LogP contribution >= 0.6 is 0 Å². The highest BCUT2D eigenvalue weighted by atomic mass is 16.5. The molecule has 1 saturated heterocycles. The first-order valence-electron chi connectivity index (χ1n) is 9.46. The number of carbonyl (C=O) groups excluding carboxylic acids is 1. The van der Waals surface area contributed by atoms with Crippen LogP contribution in [0.2, 0.25) is 0 Å². The summed E-state index contributed by atoms with van der Waals surface area (Å²) in [6.07, 6.45) is 6.47. The number of Topliss-reactive ketones (excluding diaryl/α,β-unsaturated/α-hetero) is 1. The van der Waals surface area contributed by atoms with Crippen molar-refractivity contribution in [2.24, 2.45) is 5.92 Å². The summed E-state index contributed by atoms with van der Waals surface area (Å²) in [5.41, 5.74) is 0. The Labute approximate surface area is 159 Å². The van der Waals surface area contributed by atoms with Gasteiger partial charge in [-0.15, -0.1) is 0 Å². The van der Waals surface area contributed by atoms with E-state index in [2.05, 4.69) is 0 Å². The van der Waals surface area contributed by atoms with Crippen LogP contribution < -0.4 is 4.74 Å². The van der Waals surface area contributed by atoms with Gasteiger partial charge in [-0.3, -0.25) is 9.59 Å². The van der Waals surface area contributed by atoms with Crippen LogP contribution in [0.1, 0.15) is 38.5 Å². The average Bonchev–Trinajstić information content (AvgIpc) is 3.01. The number of hydrogen-bond acceptors (Lipinski definition) is 5. The lowest BCUT2D eigenvalue weighted by molar-refractivity contribution is -0.137. The van der Waals surface area contributed by atoms with E-state index in [1.54, 1.807) is 12.2 Å². The van der Waals surface area contributed by atoms with Crippen molar-refractivity contribution in [2.45, 2.75) is 50.7 Å². The number of aliphatic carboxylic acids is 1. The van der Waals surface area contributed by atoms with E-state index in [-0.39, 0.29) is 37.4 Å². The number of carbonyl (C=O) groups is 2. The van der Waals surface area contributed by atoms with E-state index in [1.165, 1.54) is 0 Å². The van der Waals surface area contributed by atoms with Crippen LogP contribution in [0, 0.1) is 5.92 Å². The molecular weight excluding hydrogens is 348 g/mol. The minimum Gasteiger partial charge on any atom is -0.491 e. The fraction of sp³-hybridized carbons (Fsp3) is 0.524. The zero-order chi connectivity index (χ0) is 19.5. The molecule has 3 atom stereocenters. The van der Waals surface area contributed by atoms with Crippen LogP contribution in [0.25, 0.3) is 0 Å². The number of aliphatic hydroxyl groups excluding tert-OH is 1. The number of aliphatic hydroxyl groups is 1. The minimum absolute atomic E-state index is 0.0882. The lowest BCUT2D eigenvalue weighted by atomic mass is 9.93. The van der Waals surface area contributed by atoms with Crippen molar-refractivity contribution in [2.75, 3.05) is 13.2 Å². The maximum absolute atomic E-state index is 12.0. The Bertz CT molecular complexity index is 612. The molecule has 0 amide bonds. The largest absolute Gasteiger partial charge is 0.491 e. The summed E-state index contributed by atoms with van der Waals surface area (Å²) in [5, 5.41) is 18.7. The number of unbranched alkanes of at least 4 members (excludes halogenated alkanes) is 3. The van der Waals surface area contributed by atoms with Crippen LogP contribution in [-0.4, -0.2) is 47.4 Å². The van der Waals surface area contributed by atoms with Crippen LogP contribution in [0.3, 0.4) is 0 Å². The van der Waals surface area contributed by atoms with E-state index in [4.69, 9.17) is 14.6 Å². The number of rotatable bonds is 12. The van der Waals surface area contributed by atoms with Gasteiger partial charge in [0.15, 0.2) is 5.78 Å². The van der Waals surface area contributed by atoms with Gasteiger partial charge in [-0.05, 0) is 25.0 Å². The molecule has 1 heterocycles. The highest BCUT2D eigenvalue weighted by Gasteiger charge is 2.33. The zero-order valence-electron chi connectivity index (χ0n) is 15.5. The van der Waals surface area contributed by atoms with Crippen molar-refractivity contribution >= 4 is 11.8 Å². The zero-order valence-corrected chi connectivity index (χ0v) is 15.5. The molecule has 148 valence electrons. The van der Waals surface area contributed by atoms with Gasteiger partial charge in [0.2, 0.25) is 0 Å². The first-order chi connectivity index (χ1) is 13.1. The molecule has 0 bridgehead atoms. The standard InChI is InChI=1S/C21H28O6/c22-16(14-26-17-8-4-3-5-9-17)12-13-20-18(19(23)15-27-20)10-6-1-2-7-11-21(24)25/h3-5,8-9,12-13,16,18,20,22H,1-2,6-7,10-11,14-15H2,(H,24,25)/t16-,18-,20+/m0/s1. The van der Waals surface area contributed by atoms with Gasteiger partial charge in [0, 0.05) is 12.3 Å². The molecule has 1 aromatic rings. The van der Waals surface area contributed by atoms with Gasteiger partial charge in [-0.2, -0.15) is 0 Å². The number of ether oxygens (including phenoxy) is 2. The summed E-state index contributed by atoms with van der Waals surface area (Å²) in [6, 6.07) is 9.26. The van der Waals surface area contributed by atoms with Crippen molar-refractivity contribution in [3.8, 4) is 5.75 Å². The Hall–Kier alpha value is -2.18. The number of para-hydroxylation sites is 1. The van der Waals surface area contributed by atoms with Gasteiger partial charge in [0.25, 0.3) is 0 Å². The maximum Gasteiger partial charge on any atom is 0.303 e. The van der Waals surface area contributed by atoms with Crippen molar-refractivity contribution in [3.63, 3.8) is 0 Å². The Morgan fingerprint density at radius 3 is 2.70 bits per heavy atom. The molecule has 6 heteroatoms. The van der Waals surface area contributed by atoms with E-state index in [0.717, 1.165) is 25.7 Å². The predicted molar refractivity (Wildman–Crippen MR) is 101 cm³/mol. The van der Waals surface area contributed by atoms with Crippen molar-refractivity contribution in [3.05, 3.63) is 42.5 Å². The highest BCUT2D eigenvalue weighted by Crippen LogP contribution is 2.25. The molecular formula is C21H28O6. The summed E-state index contributed by atoms with van der Waals surface area (Å²) in [7, 11) is 0. The van der Waals surface area contributed by atoms with Crippen LogP contribution in [-0.2, 0) is 14.3 Å². The summed E-state index contributed by atoms with van der Waals surface area (Å²) < 4.78 is 11.0. The molecule has 0 unspecified atom stereocenters. The second-order valence-electron chi connectivity index (χ2n) is 6.77. The van der Waals surface area contributed by atoms with E-state index in [0.29, 0.717) is 12.2 Å². The number of hydrogen-bond donors (Lipinski definition) is 2. The number of carboxylic acid groups (broad SMARTS) is 1. The Morgan fingerprint density at radius 1 is 1.22 bits per heavy atom. The van der Waals surface area contributed by atoms with Gasteiger partial charge >= 0.3 is 5.97 Å². The molecule has 1 fully saturated rings. The summed E-state index contributed by atoms with van der Waals surface area (Å²) in [5.74, 6) is -0.180. The molecule has 0 aliphatic carbocycles. The van der Waals surface area contributed by atoms with Gasteiger partial charge in [0.05, 0.1) is 6.10 Å². The second kappa shape index (κ2) is 11.5. The van der Waals surface area contributed by atoms with Crippen LogP contribution in [0.5, 0.6) is 5.75 Å². The SMILES string of the molecule is O=C(O)CCCCCC[C@H]1C(=O)CO[C@@H]1C=C[C@H](O)COc1ccccc1. The van der Waals surface area contributed by atoms with Gasteiger partial charge in [0.1, 0.15) is 25.1 Å². The quantitative estimate of drug-likeness (QED) is 0.430. The minimum atomic E-state index is -0.777. The third-order valence-electron chi connectivity index (χ3n) is 4.57. The fourth-order valence-corrected chi connectivity index (χ4v) is 3.09. The second-order valence-corrected chi connectivity index (χ2v) is 6.77. The molecule has 2 rings (SSSR count). The average molecular weight is 376 g/mol. The van der Waals surface area contributed by atoms with E-state index in [9.17, 15) is 14.7 Å². The molecule has 0 radical (unpaired) electrons. The van der Waals surface area contributed by atoms with Crippen molar-refractivity contribution in [1.82, 2.24) is 0 Å². The highest BCUT2D eigenvalue weighted by molar-refractivity contribution is 5.84. The number of benzene rings is 1. The Balaban J connectivity index is 1.70. The molecule has 2 N–H and O–H groups in total. The van der Waals surface area contributed by atoms with E-state index in [1.807, 2.05) is 30.3 Å². The molecule has 0 spiro atoms. The van der Waals surface area contributed by atoms with Crippen LogP contribution in [0.4, 0.5) is 0 Å². The van der Waals surface area contributed by atoms with Gasteiger partial charge in [-0.1, -0.05) is 49.6 Å². The Morgan fingerprint density at radius 2 is 1.96 bits per heavy atom. The summed E-state index contributed by atoms with van der Waals surface area (Å²) in [6.45, 7) is 0.241. The normalized spacial score (nSPS) is 20.9. The fourth-order valence-electron chi connectivity index (χ4n) is 3.09. The predicted octanol–water partition coefficient (Wildman–Crippen LogP) is 2.99. The molecule has 1 aliphatic rings. The smallest absolute Gasteiger partial charge is 0.303 e. The number of carboxylic acids is 1. The monoisotopic (exact) mass is 376 g/mol. The molecule has 1 aromatic carbocycles. The summed E-state index contributed by atoms with van der Waals surface area (Å²) >= 11 is 0. The van der Waals surface area contributed by atoms with Gasteiger partial charge in [-0.25, -0.2) is 0 Å². The molecule has 6 nitrogen and oxygen atoms in total.